The van der Waals surface area contributed by atoms with Gasteiger partial charge in [-0.2, -0.15) is 0 Å². The van der Waals surface area contributed by atoms with Crippen LogP contribution >= 0.6 is 0 Å². The lowest BCUT2D eigenvalue weighted by Crippen LogP contribution is -2.51. The summed E-state index contributed by atoms with van der Waals surface area (Å²) in [6, 6.07) is 14.4. The SMILES string of the molecule is CC(C)(C)OC(=O)N[C@@H](Cc1ccc([N+](=O)[O-])cc1)C(=O)N1CCc2cn(CC(=O)OCc3ccccc3)cc2C1. The number of ether oxygens (including phenoxy) is 2. The largest absolute Gasteiger partial charge is 0.459 e. The molecule has 0 unspecified atom stereocenters. The molecule has 1 aliphatic heterocycles. The topological polar surface area (TPSA) is 133 Å². The van der Waals surface area contributed by atoms with Crippen molar-refractivity contribution in [3.05, 3.63) is 99.4 Å². The van der Waals surface area contributed by atoms with Gasteiger partial charge in [0, 0.05) is 44.0 Å². The Morgan fingerprint density at radius 3 is 2.34 bits per heavy atom. The summed E-state index contributed by atoms with van der Waals surface area (Å²) in [5, 5.41) is 13.7. The van der Waals surface area contributed by atoms with Crippen molar-refractivity contribution < 1.29 is 28.8 Å². The highest BCUT2D eigenvalue weighted by molar-refractivity contribution is 5.86. The Hall–Kier alpha value is -4.67. The zero-order valence-corrected chi connectivity index (χ0v) is 23.4. The molecule has 0 fully saturated rings. The number of nitro groups is 1. The van der Waals surface area contributed by atoms with E-state index in [1.807, 2.05) is 42.7 Å². The molecule has 1 atom stereocenters. The molecule has 2 heterocycles. The van der Waals surface area contributed by atoms with E-state index in [2.05, 4.69) is 5.32 Å². The summed E-state index contributed by atoms with van der Waals surface area (Å²) >= 11 is 0. The zero-order valence-electron chi connectivity index (χ0n) is 23.4. The van der Waals surface area contributed by atoms with Crippen LogP contribution < -0.4 is 5.32 Å². The number of esters is 1. The standard InChI is InChI=1S/C30H34N4O7/c1-30(2,3)41-29(37)31-26(15-21-9-11-25(12-10-21)34(38)39)28(36)33-14-13-23-16-32(17-24(23)18-33)19-27(35)40-20-22-7-5-4-6-8-22/h4-12,16-17,26H,13-15,18-20H2,1-3H3,(H,31,37)/t26-/m0/s1. The Morgan fingerprint density at radius 2 is 1.68 bits per heavy atom. The summed E-state index contributed by atoms with van der Waals surface area (Å²) in [7, 11) is 0. The van der Waals surface area contributed by atoms with E-state index in [9.17, 15) is 24.5 Å². The first kappa shape index (κ1) is 29.3. The van der Waals surface area contributed by atoms with Gasteiger partial charge in [0.25, 0.3) is 5.69 Å². The second-order valence-corrected chi connectivity index (χ2v) is 11.0. The van der Waals surface area contributed by atoms with Crippen LogP contribution in [0, 0.1) is 10.1 Å². The van der Waals surface area contributed by atoms with Gasteiger partial charge in [0.05, 0.1) is 4.92 Å². The third-order valence-electron chi connectivity index (χ3n) is 6.51. The fourth-order valence-electron chi connectivity index (χ4n) is 4.58. The lowest BCUT2D eigenvalue weighted by Gasteiger charge is -2.31. The van der Waals surface area contributed by atoms with Crippen molar-refractivity contribution in [1.82, 2.24) is 14.8 Å². The average molecular weight is 563 g/mol. The minimum absolute atomic E-state index is 0.0523. The molecular formula is C30H34N4O7. The number of amides is 2. The van der Waals surface area contributed by atoms with Gasteiger partial charge >= 0.3 is 12.1 Å². The van der Waals surface area contributed by atoms with Gasteiger partial charge in [-0.15, -0.1) is 0 Å². The van der Waals surface area contributed by atoms with E-state index in [4.69, 9.17) is 9.47 Å². The monoisotopic (exact) mass is 562 g/mol. The molecule has 41 heavy (non-hydrogen) atoms. The Labute approximate surface area is 238 Å². The molecule has 3 aromatic rings. The molecule has 11 nitrogen and oxygen atoms in total. The van der Waals surface area contributed by atoms with Gasteiger partial charge in [-0.05, 0) is 49.4 Å². The minimum atomic E-state index is -0.942. The highest BCUT2D eigenvalue weighted by Gasteiger charge is 2.31. The number of nitrogens with zero attached hydrogens (tertiary/aromatic N) is 3. The normalized spacial score (nSPS) is 13.6. The third kappa shape index (κ3) is 8.41. The molecule has 0 bridgehead atoms. The first-order valence-electron chi connectivity index (χ1n) is 13.4. The van der Waals surface area contributed by atoms with Crippen LogP contribution in [0.2, 0.25) is 0 Å². The summed E-state index contributed by atoms with van der Waals surface area (Å²) in [5.41, 5.74) is 2.70. The smallest absolute Gasteiger partial charge is 0.408 e. The van der Waals surface area contributed by atoms with Crippen LogP contribution in [0.3, 0.4) is 0 Å². The predicted molar refractivity (Wildman–Crippen MR) is 150 cm³/mol. The van der Waals surface area contributed by atoms with E-state index < -0.39 is 22.7 Å². The van der Waals surface area contributed by atoms with Crippen LogP contribution in [0.25, 0.3) is 0 Å². The van der Waals surface area contributed by atoms with Crippen LogP contribution in [0.5, 0.6) is 0 Å². The number of aromatic nitrogens is 1. The van der Waals surface area contributed by atoms with E-state index in [0.29, 0.717) is 25.1 Å². The van der Waals surface area contributed by atoms with Crippen molar-refractivity contribution >= 4 is 23.7 Å². The first-order valence-corrected chi connectivity index (χ1v) is 13.4. The van der Waals surface area contributed by atoms with Crippen molar-refractivity contribution in [3.63, 3.8) is 0 Å². The van der Waals surface area contributed by atoms with Crippen molar-refractivity contribution in [1.29, 1.82) is 0 Å². The highest BCUT2D eigenvalue weighted by atomic mass is 16.6. The fourth-order valence-corrected chi connectivity index (χ4v) is 4.58. The highest BCUT2D eigenvalue weighted by Crippen LogP contribution is 2.22. The Kier molecular flexibility index (Phi) is 9.06. The molecule has 0 saturated heterocycles. The summed E-state index contributed by atoms with van der Waals surface area (Å²) in [4.78, 5) is 50.8. The summed E-state index contributed by atoms with van der Waals surface area (Å²) in [5.74, 6) is -0.659. The molecule has 2 aromatic carbocycles. The second-order valence-electron chi connectivity index (χ2n) is 11.0. The van der Waals surface area contributed by atoms with E-state index in [1.165, 1.54) is 12.1 Å². The lowest BCUT2D eigenvalue weighted by molar-refractivity contribution is -0.384. The van der Waals surface area contributed by atoms with Crippen molar-refractivity contribution in [2.24, 2.45) is 0 Å². The molecule has 216 valence electrons. The molecular weight excluding hydrogens is 528 g/mol. The maximum Gasteiger partial charge on any atom is 0.408 e. The maximum absolute atomic E-state index is 13.7. The van der Waals surface area contributed by atoms with Gasteiger partial charge in [0.15, 0.2) is 0 Å². The van der Waals surface area contributed by atoms with Gasteiger partial charge in [-0.1, -0.05) is 42.5 Å². The maximum atomic E-state index is 13.7. The first-order chi connectivity index (χ1) is 19.5. The number of carbonyl (C=O) groups excluding carboxylic acids is 3. The van der Waals surface area contributed by atoms with E-state index in [0.717, 1.165) is 16.7 Å². The van der Waals surface area contributed by atoms with Crippen LogP contribution in [-0.2, 0) is 51.6 Å². The number of nitro benzene ring substituents is 1. The fraction of sp³-hybridized carbons (Fsp3) is 0.367. The van der Waals surface area contributed by atoms with Crippen molar-refractivity contribution in [2.75, 3.05) is 6.54 Å². The van der Waals surface area contributed by atoms with Gasteiger partial charge in [0.1, 0.15) is 24.8 Å². The van der Waals surface area contributed by atoms with Gasteiger partial charge in [0.2, 0.25) is 5.91 Å². The molecule has 1 aromatic heterocycles. The number of non-ortho nitro benzene ring substituents is 1. The molecule has 1 aliphatic rings. The van der Waals surface area contributed by atoms with Crippen molar-refractivity contribution in [2.45, 2.75) is 65.0 Å². The van der Waals surface area contributed by atoms with Crippen LogP contribution in [0.15, 0.2) is 67.0 Å². The van der Waals surface area contributed by atoms with Gasteiger partial charge in [-0.3, -0.25) is 19.7 Å². The predicted octanol–water partition coefficient (Wildman–Crippen LogP) is 4.16. The molecule has 0 spiro atoms. The number of nitrogens with one attached hydrogen (secondary N) is 1. The Bertz CT molecular complexity index is 1390. The summed E-state index contributed by atoms with van der Waals surface area (Å²) in [6.45, 7) is 6.19. The summed E-state index contributed by atoms with van der Waals surface area (Å²) in [6.07, 6.45) is 3.73. The van der Waals surface area contributed by atoms with Crippen molar-refractivity contribution in [3.8, 4) is 0 Å². The van der Waals surface area contributed by atoms with Crippen LogP contribution in [0.1, 0.15) is 43.0 Å². The van der Waals surface area contributed by atoms with Crippen LogP contribution in [-0.4, -0.2) is 50.5 Å². The number of fused-ring (bicyclic) bond motifs is 1. The number of benzene rings is 2. The molecule has 2 amide bonds. The Balaban J connectivity index is 1.42. The molecule has 11 heteroatoms. The number of hydrogen-bond acceptors (Lipinski definition) is 7. The van der Waals surface area contributed by atoms with Crippen LogP contribution in [0.4, 0.5) is 10.5 Å². The van der Waals surface area contributed by atoms with Gasteiger partial charge < -0.3 is 24.3 Å². The molecule has 0 radical (unpaired) electrons. The number of alkyl carbamates (subject to hydrolysis) is 1. The molecule has 4 rings (SSSR count). The molecule has 0 aliphatic carbocycles. The lowest BCUT2D eigenvalue weighted by atomic mass is 10.0. The zero-order chi connectivity index (χ0) is 29.6. The van der Waals surface area contributed by atoms with E-state index in [-0.39, 0.29) is 37.1 Å². The minimum Gasteiger partial charge on any atom is -0.459 e. The van der Waals surface area contributed by atoms with Gasteiger partial charge in [-0.25, -0.2) is 4.79 Å². The molecule has 1 N–H and O–H groups in total. The number of rotatable bonds is 9. The number of carbonyl (C=O) groups is 3. The Morgan fingerprint density at radius 1 is 1.00 bits per heavy atom. The average Bonchev–Trinajstić information content (AvgIpc) is 3.32. The summed E-state index contributed by atoms with van der Waals surface area (Å²) < 4.78 is 12.5. The van der Waals surface area contributed by atoms with E-state index in [1.54, 1.807) is 42.4 Å². The molecule has 0 saturated carbocycles. The second kappa shape index (κ2) is 12.7. The quantitative estimate of drug-likeness (QED) is 0.235. The van der Waals surface area contributed by atoms with E-state index >= 15 is 0 Å². The number of hydrogen-bond donors (Lipinski definition) is 1. The third-order valence-corrected chi connectivity index (χ3v) is 6.51.